The zero-order chi connectivity index (χ0) is 15.2. The molecule has 2 aromatic carbocycles. The molecule has 4 nitrogen and oxygen atoms in total. The molecule has 2 aromatic rings. The van der Waals surface area contributed by atoms with Crippen LogP contribution >= 0.6 is 11.6 Å². The predicted molar refractivity (Wildman–Crippen MR) is 78.5 cm³/mol. The number of ether oxygens (including phenoxy) is 2. The number of nitrogens with zero attached hydrogens (tertiary/aromatic N) is 1. The number of methoxy groups -OCH3 is 1. The topological polar surface area (TPSA) is 59.3 Å². The van der Waals surface area contributed by atoms with Gasteiger partial charge in [0.05, 0.1) is 30.2 Å². The molecule has 0 aliphatic carbocycles. The van der Waals surface area contributed by atoms with Crippen molar-refractivity contribution < 1.29 is 14.3 Å². The first-order valence-corrected chi connectivity index (χ1v) is 6.53. The summed E-state index contributed by atoms with van der Waals surface area (Å²) in [4.78, 5) is 11.9. The second-order valence-corrected chi connectivity index (χ2v) is 4.66. The van der Waals surface area contributed by atoms with Gasteiger partial charge in [0.1, 0.15) is 11.5 Å². The van der Waals surface area contributed by atoms with Crippen LogP contribution in [-0.4, -0.2) is 13.1 Å². The Bertz CT molecular complexity index is 690. The summed E-state index contributed by atoms with van der Waals surface area (Å²) >= 11 is 5.95. The van der Waals surface area contributed by atoms with Crippen LogP contribution in [0.5, 0.6) is 11.5 Å². The van der Waals surface area contributed by atoms with Crippen LogP contribution in [0, 0.1) is 11.3 Å². The van der Waals surface area contributed by atoms with Gasteiger partial charge in [0.2, 0.25) is 0 Å². The van der Waals surface area contributed by atoms with Crippen molar-refractivity contribution in [3.05, 3.63) is 58.6 Å². The summed E-state index contributed by atoms with van der Waals surface area (Å²) in [6.07, 6.45) is 0.125. The molecule has 5 heteroatoms. The van der Waals surface area contributed by atoms with Crippen LogP contribution in [0.2, 0.25) is 5.02 Å². The molecule has 106 valence electrons. The van der Waals surface area contributed by atoms with Crippen molar-refractivity contribution in [2.24, 2.45) is 0 Å². The van der Waals surface area contributed by atoms with Gasteiger partial charge in [-0.15, -0.1) is 0 Å². The van der Waals surface area contributed by atoms with Crippen molar-refractivity contribution in [2.75, 3.05) is 7.11 Å². The predicted octanol–water partition coefficient (Wildman–Crippen LogP) is 3.37. The van der Waals surface area contributed by atoms with E-state index >= 15 is 0 Å². The standard InChI is InChI=1S/C16H12ClNO3/c1-20-13-5-2-11(3-6-13)9-16(19)21-15-7-4-12(10-18)8-14(15)17/h2-8H,9H2,1H3. The lowest BCUT2D eigenvalue weighted by atomic mass is 10.1. The molecule has 0 bridgehead atoms. The first-order valence-electron chi connectivity index (χ1n) is 6.15. The highest BCUT2D eigenvalue weighted by Gasteiger charge is 2.10. The Kier molecular flexibility index (Phi) is 4.81. The molecule has 21 heavy (non-hydrogen) atoms. The van der Waals surface area contributed by atoms with Crippen LogP contribution in [0.1, 0.15) is 11.1 Å². The summed E-state index contributed by atoms with van der Waals surface area (Å²) in [5.74, 6) is 0.545. The summed E-state index contributed by atoms with van der Waals surface area (Å²) in [6, 6.07) is 13.6. The number of nitriles is 1. The molecule has 0 aliphatic heterocycles. The summed E-state index contributed by atoms with van der Waals surface area (Å²) in [5, 5.41) is 8.98. The molecule has 0 atom stereocenters. The van der Waals surface area contributed by atoms with E-state index in [0.29, 0.717) is 5.56 Å². The monoisotopic (exact) mass is 301 g/mol. The van der Waals surface area contributed by atoms with E-state index in [2.05, 4.69) is 0 Å². The van der Waals surface area contributed by atoms with Crippen molar-refractivity contribution in [2.45, 2.75) is 6.42 Å². The molecule has 0 heterocycles. The maximum Gasteiger partial charge on any atom is 0.315 e. The average molecular weight is 302 g/mol. The van der Waals surface area contributed by atoms with Gasteiger partial charge in [0.15, 0.2) is 0 Å². The highest BCUT2D eigenvalue weighted by molar-refractivity contribution is 6.32. The van der Waals surface area contributed by atoms with E-state index in [1.807, 2.05) is 6.07 Å². The third kappa shape index (κ3) is 3.98. The number of hydrogen-bond donors (Lipinski definition) is 0. The van der Waals surface area contributed by atoms with E-state index in [4.69, 9.17) is 26.3 Å². The summed E-state index contributed by atoms with van der Waals surface area (Å²) in [7, 11) is 1.58. The molecule has 0 fully saturated rings. The fourth-order valence-electron chi connectivity index (χ4n) is 1.72. The van der Waals surface area contributed by atoms with E-state index < -0.39 is 5.97 Å². The SMILES string of the molecule is COc1ccc(CC(=O)Oc2ccc(C#N)cc2Cl)cc1. The second-order valence-electron chi connectivity index (χ2n) is 4.26. The van der Waals surface area contributed by atoms with Gasteiger partial charge in [-0.2, -0.15) is 5.26 Å². The van der Waals surface area contributed by atoms with E-state index in [0.717, 1.165) is 11.3 Å². The normalized spacial score (nSPS) is 9.76. The van der Waals surface area contributed by atoms with E-state index in [9.17, 15) is 4.79 Å². The Hall–Kier alpha value is -2.51. The van der Waals surface area contributed by atoms with Gasteiger partial charge in [-0.25, -0.2) is 0 Å². The Morgan fingerprint density at radius 2 is 1.95 bits per heavy atom. The van der Waals surface area contributed by atoms with Gasteiger partial charge in [0.25, 0.3) is 0 Å². The minimum atomic E-state index is -0.424. The molecule has 0 saturated carbocycles. The van der Waals surface area contributed by atoms with Gasteiger partial charge in [0, 0.05) is 0 Å². The zero-order valence-electron chi connectivity index (χ0n) is 11.3. The number of halogens is 1. The highest BCUT2D eigenvalue weighted by Crippen LogP contribution is 2.25. The minimum absolute atomic E-state index is 0.125. The largest absolute Gasteiger partial charge is 0.497 e. The lowest BCUT2D eigenvalue weighted by molar-refractivity contribution is -0.133. The first-order chi connectivity index (χ1) is 10.1. The molecule has 0 amide bonds. The molecular weight excluding hydrogens is 290 g/mol. The zero-order valence-corrected chi connectivity index (χ0v) is 12.1. The van der Waals surface area contributed by atoms with Gasteiger partial charge >= 0.3 is 5.97 Å². The first kappa shape index (κ1) is 14.9. The Morgan fingerprint density at radius 1 is 1.24 bits per heavy atom. The van der Waals surface area contributed by atoms with Crippen molar-refractivity contribution >= 4 is 17.6 Å². The Labute approximate surface area is 127 Å². The van der Waals surface area contributed by atoms with E-state index in [-0.39, 0.29) is 17.2 Å². The average Bonchev–Trinajstić information content (AvgIpc) is 2.50. The minimum Gasteiger partial charge on any atom is -0.497 e. The Balaban J connectivity index is 2.02. The maximum absolute atomic E-state index is 11.9. The summed E-state index contributed by atoms with van der Waals surface area (Å²) < 4.78 is 10.2. The lowest BCUT2D eigenvalue weighted by Gasteiger charge is -2.07. The fraction of sp³-hybridized carbons (Fsp3) is 0.125. The number of benzene rings is 2. The maximum atomic E-state index is 11.9. The van der Waals surface area contributed by atoms with Crippen molar-refractivity contribution in [3.8, 4) is 17.6 Å². The number of carbonyl (C=O) groups is 1. The quantitative estimate of drug-likeness (QED) is 0.642. The van der Waals surface area contributed by atoms with Crippen molar-refractivity contribution in [3.63, 3.8) is 0 Å². The van der Waals surface area contributed by atoms with Gasteiger partial charge in [-0.3, -0.25) is 4.79 Å². The molecule has 0 unspecified atom stereocenters. The number of hydrogen-bond acceptors (Lipinski definition) is 4. The highest BCUT2D eigenvalue weighted by atomic mass is 35.5. The Morgan fingerprint density at radius 3 is 2.52 bits per heavy atom. The molecule has 2 rings (SSSR count). The van der Waals surface area contributed by atoms with Crippen LogP contribution in [0.25, 0.3) is 0 Å². The molecule has 0 saturated heterocycles. The van der Waals surface area contributed by atoms with Gasteiger partial charge in [-0.05, 0) is 35.9 Å². The molecule has 0 radical (unpaired) electrons. The molecule has 0 aromatic heterocycles. The van der Waals surface area contributed by atoms with Crippen LogP contribution in [-0.2, 0) is 11.2 Å². The second kappa shape index (κ2) is 6.78. The number of esters is 1. The lowest BCUT2D eigenvalue weighted by Crippen LogP contribution is -2.11. The van der Waals surface area contributed by atoms with Gasteiger partial charge in [-0.1, -0.05) is 23.7 Å². The van der Waals surface area contributed by atoms with Crippen LogP contribution < -0.4 is 9.47 Å². The summed E-state index contributed by atoms with van der Waals surface area (Å²) in [6.45, 7) is 0. The summed E-state index contributed by atoms with van der Waals surface area (Å²) in [5.41, 5.74) is 1.22. The fourth-order valence-corrected chi connectivity index (χ4v) is 1.94. The smallest absolute Gasteiger partial charge is 0.315 e. The molecule has 0 N–H and O–H groups in total. The van der Waals surface area contributed by atoms with E-state index in [1.54, 1.807) is 37.4 Å². The van der Waals surface area contributed by atoms with E-state index in [1.165, 1.54) is 12.1 Å². The molecule has 0 spiro atoms. The van der Waals surface area contributed by atoms with Crippen LogP contribution in [0.3, 0.4) is 0 Å². The number of rotatable bonds is 4. The molecule has 0 aliphatic rings. The number of carbonyl (C=O) groups excluding carboxylic acids is 1. The van der Waals surface area contributed by atoms with Gasteiger partial charge < -0.3 is 9.47 Å². The van der Waals surface area contributed by atoms with Crippen LogP contribution in [0.4, 0.5) is 0 Å². The van der Waals surface area contributed by atoms with Crippen LogP contribution in [0.15, 0.2) is 42.5 Å². The third-order valence-electron chi connectivity index (χ3n) is 2.79. The van der Waals surface area contributed by atoms with Crippen molar-refractivity contribution in [1.29, 1.82) is 5.26 Å². The molecular formula is C16H12ClNO3. The third-order valence-corrected chi connectivity index (χ3v) is 3.09. The van der Waals surface area contributed by atoms with Crippen molar-refractivity contribution in [1.82, 2.24) is 0 Å².